The molecule has 0 saturated heterocycles. The van der Waals surface area contributed by atoms with Gasteiger partial charge in [-0.2, -0.15) is 15.0 Å². The lowest BCUT2D eigenvalue weighted by molar-refractivity contribution is 0.0528. The third-order valence-electron chi connectivity index (χ3n) is 2.51. The third-order valence-corrected chi connectivity index (χ3v) is 2.68. The van der Waals surface area contributed by atoms with Crippen LogP contribution in [-0.2, 0) is 9.47 Å². The molecule has 0 aromatic carbocycles. The van der Waals surface area contributed by atoms with Crippen LogP contribution in [0.1, 0.15) is 13.8 Å². The van der Waals surface area contributed by atoms with Gasteiger partial charge in [-0.25, -0.2) is 0 Å². The molecule has 114 valence electrons. The fourth-order valence-electron chi connectivity index (χ4n) is 1.47. The van der Waals surface area contributed by atoms with Crippen molar-refractivity contribution in [2.45, 2.75) is 13.8 Å². The SMILES string of the molecule is CCN(CC)c1nc(Cl)nc(OCCOCCOC)n1. The molecular formula is C12H21ClN4O3. The Morgan fingerprint density at radius 1 is 1.00 bits per heavy atom. The Morgan fingerprint density at radius 2 is 1.70 bits per heavy atom. The first-order chi connectivity index (χ1) is 9.71. The molecule has 0 fully saturated rings. The van der Waals surface area contributed by atoms with Gasteiger partial charge >= 0.3 is 6.01 Å². The quantitative estimate of drug-likeness (QED) is 0.605. The van der Waals surface area contributed by atoms with E-state index in [2.05, 4.69) is 15.0 Å². The Balaban J connectivity index is 2.49. The molecule has 0 amide bonds. The lowest BCUT2D eigenvalue weighted by Gasteiger charge is -2.18. The van der Waals surface area contributed by atoms with Gasteiger partial charge in [0, 0.05) is 20.2 Å². The summed E-state index contributed by atoms with van der Waals surface area (Å²) in [5.41, 5.74) is 0. The van der Waals surface area contributed by atoms with Crippen molar-refractivity contribution in [3.8, 4) is 6.01 Å². The lowest BCUT2D eigenvalue weighted by atomic mass is 10.5. The summed E-state index contributed by atoms with van der Waals surface area (Å²) < 4.78 is 15.6. The van der Waals surface area contributed by atoms with Crippen LogP contribution in [0.3, 0.4) is 0 Å². The van der Waals surface area contributed by atoms with Gasteiger partial charge in [-0.15, -0.1) is 0 Å². The second kappa shape index (κ2) is 9.68. The first-order valence-electron chi connectivity index (χ1n) is 6.57. The zero-order valence-electron chi connectivity index (χ0n) is 12.1. The summed E-state index contributed by atoms with van der Waals surface area (Å²) in [6.45, 7) is 7.49. The topological polar surface area (TPSA) is 69.6 Å². The number of ether oxygens (including phenoxy) is 3. The van der Waals surface area contributed by atoms with Crippen LogP contribution in [0, 0.1) is 0 Å². The van der Waals surface area contributed by atoms with Gasteiger partial charge in [0.15, 0.2) is 0 Å². The number of nitrogens with zero attached hydrogens (tertiary/aromatic N) is 4. The summed E-state index contributed by atoms with van der Waals surface area (Å²) in [5, 5.41) is 0.122. The minimum Gasteiger partial charge on any atom is -0.461 e. The number of halogens is 1. The van der Waals surface area contributed by atoms with E-state index >= 15 is 0 Å². The average Bonchev–Trinajstić information content (AvgIpc) is 2.43. The van der Waals surface area contributed by atoms with Crippen LogP contribution in [0.2, 0.25) is 5.28 Å². The number of hydrogen-bond acceptors (Lipinski definition) is 7. The minimum atomic E-state index is 0.122. The third kappa shape index (κ3) is 5.85. The number of anilines is 1. The maximum Gasteiger partial charge on any atom is 0.322 e. The summed E-state index contributed by atoms with van der Waals surface area (Å²) in [4.78, 5) is 14.2. The molecule has 0 aliphatic rings. The van der Waals surface area contributed by atoms with Gasteiger partial charge in [-0.05, 0) is 25.4 Å². The van der Waals surface area contributed by atoms with E-state index in [0.29, 0.717) is 32.4 Å². The van der Waals surface area contributed by atoms with Crippen molar-refractivity contribution >= 4 is 17.5 Å². The smallest absolute Gasteiger partial charge is 0.322 e. The second-order valence-corrected chi connectivity index (χ2v) is 4.15. The van der Waals surface area contributed by atoms with Crippen molar-refractivity contribution < 1.29 is 14.2 Å². The largest absolute Gasteiger partial charge is 0.461 e. The van der Waals surface area contributed by atoms with E-state index in [1.165, 1.54) is 0 Å². The van der Waals surface area contributed by atoms with E-state index in [0.717, 1.165) is 13.1 Å². The summed E-state index contributed by atoms with van der Waals surface area (Å²) in [7, 11) is 1.63. The maximum absolute atomic E-state index is 5.87. The molecule has 0 radical (unpaired) electrons. The molecule has 0 aliphatic heterocycles. The maximum atomic E-state index is 5.87. The van der Waals surface area contributed by atoms with Crippen LogP contribution in [0.15, 0.2) is 0 Å². The Kier molecular flexibility index (Phi) is 8.17. The van der Waals surface area contributed by atoms with Crippen LogP contribution in [0.5, 0.6) is 6.01 Å². The molecule has 0 spiro atoms. The Bertz CT molecular complexity index is 391. The first kappa shape index (κ1) is 16.9. The molecule has 8 heteroatoms. The number of hydrogen-bond donors (Lipinski definition) is 0. The van der Waals surface area contributed by atoms with Gasteiger partial charge in [0.05, 0.1) is 19.8 Å². The lowest BCUT2D eigenvalue weighted by Crippen LogP contribution is -2.24. The van der Waals surface area contributed by atoms with Crippen LogP contribution in [0.25, 0.3) is 0 Å². The van der Waals surface area contributed by atoms with Gasteiger partial charge in [0.1, 0.15) is 6.61 Å². The highest BCUT2D eigenvalue weighted by Gasteiger charge is 2.10. The Hall–Kier alpha value is -1.18. The van der Waals surface area contributed by atoms with Gasteiger partial charge in [-0.3, -0.25) is 0 Å². The molecule has 1 aromatic rings. The van der Waals surface area contributed by atoms with Gasteiger partial charge in [0.2, 0.25) is 11.2 Å². The van der Waals surface area contributed by atoms with Crippen molar-refractivity contribution in [3.05, 3.63) is 5.28 Å². The van der Waals surface area contributed by atoms with Gasteiger partial charge in [-0.1, -0.05) is 0 Å². The van der Waals surface area contributed by atoms with Crippen LogP contribution in [0.4, 0.5) is 5.95 Å². The van der Waals surface area contributed by atoms with Crippen molar-refractivity contribution in [1.82, 2.24) is 15.0 Å². The van der Waals surface area contributed by atoms with E-state index in [1.807, 2.05) is 18.7 Å². The van der Waals surface area contributed by atoms with Crippen molar-refractivity contribution in [1.29, 1.82) is 0 Å². The minimum absolute atomic E-state index is 0.122. The fourth-order valence-corrected chi connectivity index (χ4v) is 1.62. The van der Waals surface area contributed by atoms with Crippen LogP contribution in [-0.4, -0.2) is 61.6 Å². The first-order valence-corrected chi connectivity index (χ1v) is 6.95. The number of rotatable bonds is 10. The summed E-state index contributed by atoms with van der Waals surface area (Å²) in [5.74, 6) is 0.519. The van der Waals surface area contributed by atoms with Crippen LogP contribution < -0.4 is 9.64 Å². The monoisotopic (exact) mass is 304 g/mol. The van der Waals surface area contributed by atoms with Crippen molar-refractivity contribution in [2.75, 3.05) is 51.5 Å². The van der Waals surface area contributed by atoms with E-state index < -0.39 is 0 Å². The Morgan fingerprint density at radius 3 is 2.35 bits per heavy atom. The molecule has 0 N–H and O–H groups in total. The van der Waals surface area contributed by atoms with E-state index in [1.54, 1.807) is 7.11 Å². The van der Waals surface area contributed by atoms with Crippen LogP contribution >= 0.6 is 11.6 Å². The molecule has 0 atom stereocenters. The van der Waals surface area contributed by atoms with Gasteiger partial charge in [0.25, 0.3) is 0 Å². The van der Waals surface area contributed by atoms with Gasteiger partial charge < -0.3 is 19.1 Å². The zero-order chi connectivity index (χ0) is 14.8. The van der Waals surface area contributed by atoms with E-state index in [4.69, 9.17) is 25.8 Å². The number of aromatic nitrogens is 3. The highest BCUT2D eigenvalue weighted by molar-refractivity contribution is 6.28. The number of methoxy groups -OCH3 is 1. The van der Waals surface area contributed by atoms with Crippen molar-refractivity contribution in [3.63, 3.8) is 0 Å². The molecular weight excluding hydrogens is 284 g/mol. The second-order valence-electron chi connectivity index (χ2n) is 3.81. The van der Waals surface area contributed by atoms with E-state index in [9.17, 15) is 0 Å². The highest BCUT2D eigenvalue weighted by Crippen LogP contribution is 2.14. The highest BCUT2D eigenvalue weighted by atomic mass is 35.5. The Labute approximate surface area is 124 Å². The van der Waals surface area contributed by atoms with Crippen molar-refractivity contribution in [2.24, 2.45) is 0 Å². The molecule has 7 nitrogen and oxygen atoms in total. The standard InChI is InChI=1S/C12H21ClN4O3/c1-4-17(5-2)11-14-10(13)15-12(16-11)20-9-8-19-7-6-18-3/h4-9H2,1-3H3. The summed E-state index contributed by atoms with van der Waals surface area (Å²) in [6, 6.07) is 0.210. The summed E-state index contributed by atoms with van der Waals surface area (Å²) >= 11 is 5.87. The predicted molar refractivity (Wildman–Crippen MR) is 76.6 cm³/mol. The molecule has 0 bridgehead atoms. The average molecular weight is 305 g/mol. The molecule has 1 heterocycles. The molecule has 0 unspecified atom stereocenters. The molecule has 0 saturated carbocycles. The molecule has 20 heavy (non-hydrogen) atoms. The molecule has 0 aliphatic carbocycles. The predicted octanol–water partition coefficient (Wildman–Crippen LogP) is 1.41. The molecule has 1 aromatic heterocycles. The normalized spacial score (nSPS) is 10.6. The summed E-state index contributed by atoms with van der Waals surface area (Å²) in [6.07, 6.45) is 0. The zero-order valence-corrected chi connectivity index (χ0v) is 12.9. The molecule has 1 rings (SSSR count). The fraction of sp³-hybridized carbons (Fsp3) is 0.750. The van der Waals surface area contributed by atoms with E-state index in [-0.39, 0.29) is 11.3 Å².